The van der Waals surface area contributed by atoms with E-state index < -0.39 is 12.3 Å². The van der Waals surface area contributed by atoms with Crippen LogP contribution >= 0.6 is 11.6 Å². The number of fused-ring (bicyclic) bond motifs is 1. The highest BCUT2D eigenvalue weighted by Crippen LogP contribution is 2.43. The average molecular weight is 804 g/mol. The molecule has 6 rings (SSSR count). The van der Waals surface area contributed by atoms with Crippen molar-refractivity contribution in [3.8, 4) is 23.0 Å². The van der Waals surface area contributed by atoms with Gasteiger partial charge in [0.05, 0.1) is 65.1 Å². The van der Waals surface area contributed by atoms with Crippen LogP contribution < -0.4 is 29.6 Å². The Morgan fingerprint density at radius 1 is 0.719 bits per heavy atom. The minimum Gasteiger partial charge on any atom is -0.493 e. The maximum absolute atomic E-state index is 12.7. The van der Waals surface area contributed by atoms with Crippen molar-refractivity contribution in [2.45, 2.75) is 83.6 Å². The first-order valence-corrected chi connectivity index (χ1v) is 19.5. The van der Waals surface area contributed by atoms with Crippen LogP contribution in [0.4, 0.5) is 5.69 Å². The van der Waals surface area contributed by atoms with E-state index >= 15 is 0 Å². The van der Waals surface area contributed by atoms with E-state index in [0.717, 1.165) is 49.7 Å². The molecule has 57 heavy (non-hydrogen) atoms. The Morgan fingerprint density at radius 3 is 2.00 bits per heavy atom. The zero-order valence-electron chi connectivity index (χ0n) is 32.2. The van der Waals surface area contributed by atoms with Crippen LogP contribution in [-0.2, 0) is 31.3 Å². The Labute approximate surface area is 337 Å². The standard InChI is InChI=1S/C43H50ClN3O10/c1-53-39-18-28(38-21-36(47-57-38)27-16-29(22-48)34(25-51)30(17-27)23-49)19-40(54-2)41(39)56-14-8-6-4-3-5-7-13-55-37-12-9-26(15-31(37)24-50)42-45-35-11-10-32(44)20-33(35)43(52)46-42/h9-12,15-20,38,42,45,48-51H,3-8,13-14,21-25H2,1-2H3,(H,46,52). The van der Waals surface area contributed by atoms with E-state index in [9.17, 15) is 25.2 Å². The minimum atomic E-state index is -0.447. The molecule has 0 radical (unpaired) electrons. The number of halogens is 1. The van der Waals surface area contributed by atoms with Crippen molar-refractivity contribution >= 4 is 28.9 Å². The smallest absolute Gasteiger partial charge is 0.255 e. The van der Waals surface area contributed by atoms with Gasteiger partial charge in [-0.2, -0.15) is 0 Å². The Balaban J connectivity index is 0.917. The van der Waals surface area contributed by atoms with E-state index in [4.69, 9.17) is 35.4 Å². The number of aliphatic hydroxyl groups excluding tert-OH is 4. The van der Waals surface area contributed by atoms with Crippen LogP contribution in [0.5, 0.6) is 23.0 Å². The first-order valence-electron chi connectivity index (χ1n) is 19.1. The van der Waals surface area contributed by atoms with E-state index in [1.54, 1.807) is 44.6 Å². The van der Waals surface area contributed by atoms with Crippen LogP contribution in [0.25, 0.3) is 0 Å². The predicted molar refractivity (Wildman–Crippen MR) is 215 cm³/mol. The predicted octanol–water partition coefficient (Wildman–Crippen LogP) is 6.84. The summed E-state index contributed by atoms with van der Waals surface area (Å²) in [6.45, 7) is 0.00263. The quantitative estimate of drug-likeness (QED) is 0.0515. The molecule has 4 aromatic rings. The van der Waals surface area contributed by atoms with Gasteiger partial charge >= 0.3 is 0 Å². The summed E-state index contributed by atoms with van der Waals surface area (Å²) in [5.74, 6) is 1.97. The van der Waals surface area contributed by atoms with Crippen molar-refractivity contribution in [3.05, 3.63) is 110 Å². The fraction of sp³-hybridized carbons (Fsp3) is 0.395. The van der Waals surface area contributed by atoms with Gasteiger partial charge in [-0.3, -0.25) is 4.79 Å². The molecule has 0 aliphatic carbocycles. The largest absolute Gasteiger partial charge is 0.493 e. The molecule has 2 unspecified atom stereocenters. The van der Waals surface area contributed by atoms with Crippen LogP contribution in [-0.4, -0.2) is 59.5 Å². The van der Waals surface area contributed by atoms with E-state index in [2.05, 4.69) is 15.8 Å². The third-order valence-corrected chi connectivity index (χ3v) is 10.5. The summed E-state index contributed by atoms with van der Waals surface area (Å²) < 4.78 is 23.6. The van der Waals surface area contributed by atoms with Gasteiger partial charge in [0.25, 0.3) is 5.91 Å². The van der Waals surface area contributed by atoms with Crippen molar-refractivity contribution in [3.63, 3.8) is 0 Å². The Morgan fingerprint density at radius 2 is 1.37 bits per heavy atom. The van der Waals surface area contributed by atoms with Gasteiger partial charge in [-0.15, -0.1) is 0 Å². The molecular weight excluding hydrogens is 754 g/mol. The molecule has 0 saturated heterocycles. The third kappa shape index (κ3) is 9.92. The van der Waals surface area contributed by atoms with Crippen molar-refractivity contribution in [2.24, 2.45) is 5.16 Å². The number of benzene rings is 4. The highest BCUT2D eigenvalue weighted by atomic mass is 35.5. The number of aliphatic hydroxyl groups is 4. The number of ether oxygens (including phenoxy) is 4. The van der Waals surface area contributed by atoms with Crippen molar-refractivity contribution in [1.82, 2.24) is 5.32 Å². The van der Waals surface area contributed by atoms with Crippen LogP contribution in [0.15, 0.2) is 65.8 Å². The number of amides is 1. The molecular formula is C43H50ClN3O10. The highest BCUT2D eigenvalue weighted by molar-refractivity contribution is 6.31. The van der Waals surface area contributed by atoms with Crippen LogP contribution in [0.3, 0.4) is 0 Å². The molecule has 2 aliphatic rings. The van der Waals surface area contributed by atoms with Gasteiger partial charge < -0.3 is 54.8 Å². The fourth-order valence-electron chi connectivity index (χ4n) is 7.11. The molecule has 14 heteroatoms. The van der Waals surface area contributed by atoms with Gasteiger partial charge in [-0.25, -0.2) is 0 Å². The Hall–Kier alpha value is -5.05. The molecule has 0 spiro atoms. The maximum atomic E-state index is 12.7. The number of hydrogen-bond donors (Lipinski definition) is 6. The Bertz CT molecular complexity index is 2010. The van der Waals surface area contributed by atoms with Gasteiger partial charge in [0, 0.05) is 33.8 Å². The number of methoxy groups -OCH3 is 2. The van der Waals surface area contributed by atoms with Gasteiger partial charge in [0.1, 0.15) is 11.9 Å². The van der Waals surface area contributed by atoms with E-state index in [-0.39, 0.29) is 32.3 Å². The van der Waals surface area contributed by atoms with Gasteiger partial charge in [-0.1, -0.05) is 48.5 Å². The normalized spacial score (nSPS) is 15.9. The number of anilines is 1. The van der Waals surface area contributed by atoms with Gasteiger partial charge in [0.2, 0.25) is 5.75 Å². The maximum Gasteiger partial charge on any atom is 0.255 e. The second-order valence-corrected chi connectivity index (χ2v) is 14.4. The minimum absolute atomic E-state index is 0.186. The molecule has 13 nitrogen and oxygen atoms in total. The number of rotatable bonds is 20. The molecule has 0 saturated carbocycles. The lowest BCUT2D eigenvalue weighted by atomic mass is 9.93. The van der Waals surface area contributed by atoms with Crippen molar-refractivity contribution in [2.75, 3.05) is 32.8 Å². The summed E-state index contributed by atoms with van der Waals surface area (Å²) in [5, 5.41) is 50.5. The number of oxime groups is 1. The van der Waals surface area contributed by atoms with Gasteiger partial charge in [-0.05, 0) is 89.7 Å². The van der Waals surface area contributed by atoms with Crippen LogP contribution in [0, 0.1) is 0 Å². The van der Waals surface area contributed by atoms with E-state index in [1.165, 1.54) is 0 Å². The summed E-state index contributed by atoms with van der Waals surface area (Å²) in [6.07, 6.45) is 5.42. The first kappa shape index (κ1) is 41.6. The molecule has 0 fully saturated rings. The summed E-state index contributed by atoms with van der Waals surface area (Å²) >= 11 is 6.05. The zero-order chi connectivity index (χ0) is 40.3. The molecule has 4 aromatic carbocycles. The first-order chi connectivity index (χ1) is 27.8. The molecule has 0 bridgehead atoms. The summed E-state index contributed by atoms with van der Waals surface area (Å²) in [7, 11) is 3.15. The Kier molecular flexibility index (Phi) is 14.5. The number of carbonyl (C=O) groups excluding carboxylic acids is 1. The van der Waals surface area contributed by atoms with Crippen molar-refractivity contribution in [1.29, 1.82) is 0 Å². The number of hydrogen-bond acceptors (Lipinski definition) is 12. The molecule has 6 N–H and O–H groups in total. The summed E-state index contributed by atoms with van der Waals surface area (Å²) in [4.78, 5) is 18.5. The van der Waals surface area contributed by atoms with Crippen LogP contribution in [0.1, 0.15) is 107 Å². The highest BCUT2D eigenvalue weighted by Gasteiger charge is 2.28. The lowest BCUT2D eigenvalue weighted by Crippen LogP contribution is -2.38. The summed E-state index contributed by atoms with van der Waals surface area (Å²) in [5.41, 5.74) is 6.38. The van der Waals surface area contributed by atoms with E-state index in [1.807, 2.05) is 30.3 Å². The molecule has 2 heterocycles. The van der Waals surface area contributed by atoms with E-state index in [0.29, 0.717) is 92.4 Å². The second kappa shape index (κ2) is 19.9. The second-order valence-electron chi connectivity index (χ2n) is 13.9. The molecule has 2 aliphatic heterocycles. The lowest BCUT2D eigenvalue weighted by Gasteiger charge is -2.28. The van der Waals surface area contributed by atoms with Gasteiger partial charge in [0.15, 0.2) is 17.6 Å². The number of nitrogens with zero attached hydrogens (tertiary/aromatic N) is 1. The number of carbonyl (C=O) groups is 1. The number of nitrogens with one attached hydrogen (secondary N) is 2. The topological polar surface area (TPSA) is 181 Å². The summed E-state index contributed by atoms with van der Waals surface area (Å²) in [6, 6.07) is 17.9. The number of unbranched alkanes of at least 4 members (excludes halogenated alkanes) is 5. The third-order valence-electron chi connectivity index (χ3n) is 10.2. The molecule has 2 atom stereocenters. The fourth-order valence-corrected chi connectivity index (χ4v) is 7.28. The monoisotopic (exact) mass is 803 g/mol. The van der Waals surface area contributed by atoms with Crippen molar-refractivity contribution < 1.29 is 49.0 Å². The molecule has 0 aromatic heterocycles. The SMILES string of the molecule is COc1cc(C2CC(c3cc(CO)c(CO)c(CO)c3)=NO2)cc(OC)c1OCCCCCCCCOc1ccc(C2NC(=O)c3cc(Cl)ccc3N2)cc1CO. The molecule has 1 amide bonds. The van der Waals surface area contributed by atoms with Crippen LogP contribution in [0.2, 0.25) is 5.02 Å². The molecule has 304 valence electrons. The average Bonchev–Trinajstić information content (AvgIpc) is 3.74. The zero-order valence-corrected chi connectivity index (χ0v) is 32.9. The lowest BCUT2D eigenvalue weighted by molar-refractivity contribution is 0.0852.